The molecule has 2 N–H and O–H groups in total. The van der Waals surface area contributed by atoms with Gasteiger partial charge in [0.05, 0.1) is 11.1 Å². The molecule has 0 saturated heterocycles. The Labute approximate surface area is 171 Å². The molecule has 1 aromatic carbocycles. The summed E-state index contributed by atoms with van der Waals surface area (Å²) in [4.78, 5) is 11.8. The Morgan fingerprint density at radius 3 is 2.86 bits per heavy atom. The lowest BCUT2D eigenvalue weighted by Gasteiger charge is -2.28. The molecule has 3 aromatic rings. The molecule has 6 nitrogen and oxygen atoms in total. The molecule has 0 saturated carbocycles. The van der Waals surface area contributed by atoms with Crippen LogP contribution in [0.1, 0.15) is 25.1 Å². The molecule has 1 aliphatic heterocycles. The number of rotatable bonds is 7. The molecule has 0 amide bonds. The van der Waals surface area contributed by atoms with Crippen LogP contribution in [0.15, 0.2) is 66.3 Å². The first-order valence-electron chi connectivity index (χ1n) is 9.90. The van der Waals surface area contributed by atoms with Crippen molar-refractivity contribution >= 4 is 22.8 Å². The molecule has 148 valence electrons. The van der Waals surface area contributed by atoms with Gasteiger partial charge < -0.3 is 10.2 Å². The number of H-pyrrole nitrogens is 1. The summed E-state index contributed by atoms with van der Waals surface area (Å²) >= 11 is 0. The minimum atomic E-state index is 0.586. The van der Waals surface area contributed by atoms with Crippen molar-refractivity contribution in [2.45, 2.75) is 26.8 Å². The van der Waals surface area contributed by atoms with Gasteiger partial charge in [0, 0.05) is 26.1 Å². The average molecular weight is 387 g/mol. The molecule has 0 radical (unpaired) electrons. The number of nitrogens with one attached hydrogen (secondary N) is 2. The van der Waals surface area contributed by atoms with Crippen molar-refractivity contribution in [3.8, 4) is 0 Å². The number of aromatic amines is 1. The Morgan fingerprint density at radius 2 is 2.10 bits per heavy atom. The number of aromatic nitrogens is 4. The molecule has 29 heavy (non-hydrogen) atoms. The lowest BCUT2D eigenvalue weighted by Crippen LogP contribution is -2.29. The summed E-state index contributed by atoms with van der Waals surface area (Å²) in [6, 6.07) is 10.5. The fourth-order valence-electron chi connectivity index (χ4n) is 3.63. The van der Waals surface area contributed by atoms with E-state index in [-0.39, 0.29) is 0 Å². The van der Waals surface area contributed by atoms with Gasteiger partial charge >= 0.3 is 0 Å². The maximum absolute atomic E-state index is 4.86. The van der Waals surface area contributed by atoms with Gasteiger partial charge in [-0.25, -0.2) is 0 Å². The van der Waals surface area contributed by atoms with E-state index in [0.29, 0.717) is 18.1 Å². The number of benzene rings is 1. The van der Waals surface area contributed by atoms with Crippen molar-refractivity contribution in [1.29, 1.82) is 0 Å². The summed E-state index contributed by atoms with van der Waals surface area (Å²) in [5.74, 6) is 1.52. The van der Waals surface area contributed by atoms with Crippen LogP contribution in [-0.4, -0.2) is 33.3 Å². The molecule has 0 spiro atoms. The highest BCUT2D eigenvalue weighted by atomic mass is 15.3. The normalized spacial score (nSPS) is 14.0. The first kappa shape index (κ1) is 18.9. The zero-order valence-corrected chi connectivity index (χ0v) is 16.9. The van der Waals surface area contributed by atoms with Crippen molar-refractivity contribution in [2.75, 3.05) is 23.3 Å². The molecule has 3 heterocycles. The van der Waals surface area contributed by atoms with Crippen LogP contribution in [0.4, 0.5) is 11.8 Å². The van der Waals surface area contributed by atoms with Crippen molar-refractivity contribution in [3.05, 3.63) is 77.5 Å². The number of allylic oxidation sites excluding steroid dienone is 3. The Hall–Kier alpha value is -3.41. The lowest BCUT2D eigenvalue weighted by atomic mass is 10.1. The van der Waals surface area contributed by atoms with Crippen molar-refractivity contribution in [2.24, 2.45) is 0 Å². The maximum atomic E-state index is 4.86. The van der Waals surface area contributed by atoms with Crippen molar-refractivity contribution in [3.63, 3.8) is 0 Å². The predicted octanol–water partition coefficient (Wildman–Crippen LogP) is 4.41. The molecule has 0 unspecified atom stereocenters. The Kier molecular flexibility index (Phi) is 5.42. The molecule has 2 aromatic heterocycles. The van der Waals surface area contributed by atoms with Gasteiger partial charge in [-0.05, 0) is 25.0 Å². The van der Waals surface area contributed by atoms with E-state index in [1.807, 2.05) is 26.0 Å². The van der Waals surface area contributed by atoms with E-state index in [9.17, 15) is 0 Å². The van der Waals surface area contributed by atoms with Gasteiger partial charge in [0.2, 0.25) is 5.95 Å². The Balaban J connectivity index is 1.63. The van der Waals surface area contributed by atoms with Gasteiger partial charge in [-0.1, -0.05) is 60.7 Å². The smallest absolute Gasteiger partial charge is 0.227 e. The monoisotopic (exact) mass is 386 g/mol. The van der Waals surface area contributed by atoms with Crippen LogP contribution in [0, 0.1) is 0 Å². The predicted molar refractivity (Wildman–Crippen MR) is 119 cm³/mol. The third kappa shape index (κ3) is 4.21. The van der Waals surface area contributed by atoms with Crippen LogP contribution in [-0.2, 0) is 13.0 Å². The fourth-order valence-corrected chi connectivity index (χ4v) is 3.63. The van der Waals surface area contributed by atoms with E-state index in [0.717, 1.165) is 47.6 Å². The summed E-state index contributed by atoms with van der Waals surface area (Å²) in [5.41, 5.74) is 5.23. The van der Waals surface area contributed by atoms with Crippen LogP contribution >= 0.6 is 0 Å². The van der Waals surface area contributed by atoms with Crippen LogP contribution in [0.3, 0.4) is 0 Å². The molecule has 4 rings (SSSR count). The summed E-state index contributed by atoms with van der Waals surface area (Å²) in [7, 11) is 0. The molecule has 0 fully saturated rings. The first-order valence-corrected chi connectivity index (χ1v) is 9.90. The highest BCUT2D eigenvalue weighted by molar-refractivity contribution is 5.91. The summed E-state index contributed by atoms with van der Waals surface area (Å²) in [6.07, 6.45) is 7.06. The summed E-state index contributed by atoms with van der Waals surface area (Å²) in [5, 5.41) is 11.9. The second kappa shape index (κ2) is 8.31. The zero-order chi connectivity index (χ0) is 20.2. The highest BCUT2D eigenvalue weighted by Crippen LogP contribution is 2.32. The van der Waals surface area contributed by atoms with Crippen LogP contribution in [0.5, 0.6) is 0 Å². The molecule has 0 aliphatic carbocycles. The molecule has 6 heteroatoms. The topological polar surface area (TPSA) is 69.7 Å². The molecule has 0 atom stereocenters. The zero-order valence-electron chi connectivity index (χ0n) is 16.9. The molecule has 0 bridgehead atoms. The number of hydrogen-bond acceptors (Lipinski definition) is 5. The van der Waals surface area contributed by atoms with Crippen LogP contribution in [0.25, 0.3) is 11.0 Å². The quantitative estimate of drug-likeness (QED) is 0.589. The first-order chi connectivity index (χ1) is 14.1. The maximum Gasteiger partial charge on any atom is 0.227 e. The summed E-state index contributed by atoms with van der Waals surface area (Å²) in [6.45, 7) is 10.3. The van der Waals surface area contributed by atoms with E-state index in [1.165, 1.54) is 5.56 Å². The number of nitrogens with zero attached hydrogens (tertiary/aromatic N) is 4. The van der Waals surface area contributed by atoms with E-state index < -0.39 is 0 Å². The van der Waals surface area contributed by atoms with Crippen molar-refractivity contribution < 1.29 is 0 Å². The molecular weight excluding hydrogens is 360 g/mol. The van der Waals surface area contributed by atoms with Gasteiger partial charge in [-0.15, -0.1) is 0 Å². The molecule has 1 aliphatic rings. The largest absolute Gasteiger partial charge is 0.351 e. The lowest BCUT2D eigenvalue weighted by molar-refractivity contribution is 0.747. The van der Waals surface area contributed by atoms with Gasteiger partial charge in [-0.3, -0.25) is 5.10 Å². The third-order valence-corrected chi connectivity index (χ3v) is 4.88. The number of hydrogen-bond donors (Lipinski definition) is 2. The highest BCUT2D eigenvalue weighted by Gasteiger charge is 2.24. The Morgan fingerprint density at radius 1 is 1.28 bits per heavy atom. The van der Waals surface area contributed by atoms with Gasteiger partial charge in [0.1, 0.15) is 5.82 Å². The van der Waals surface area contributed by atoms with E-state index >= 15 is 0 Å². The van der Waals surface area contributed by atoms with Gasteiger partial charge in [-0.2, -0.15) is 15.1 Å². The van der Waals surface area contributed by atoms with E-state index in [4.69, 9.17) is 4.98 Å². The third-order valence-electron chi connectivity index (χ3n) is 4.88. The molecular formula is C23H26N6. The Bertz CT molecular complexity index is 1080. The van der Waals surface area contributed by atoms with Crippen LogP contribution < -0.4 is 10.2 Å². The second-order valence-electron chi connectivity index (χ2n) is 7.35. The van der Waals surface area contributed by atoms with E-state index in [1.54, 1.807) is 0 Å². The van der Waals surface area contributed by atoms with Crippen LogP contribution in [0.2, 0.25) is 0 Å². The van der Waals surface area contributed by atoms with Gasteiger partial charge in [0.25, 0.3) is 0 Å². The minimum Gasteiger partial charge on any atom is -0.351 e. The average Bonchev–Trinajstić information content (AvgIpc) is 3.13. The fraction of sp³-hybridized carbons (Fsp3) is 0.261. The van der Waals surface area contributed by atoms with Gasteiger partial charge in [0.15, 0.2) is 5.65 Å². The summed E-state index contributed by atoms with van der Waals surface area (Å²) < 4.78 is 0. The minimum absolute atomic E-state index is 0.586. The standard InChI is InChI=1S/C23H26N6/c1-4-8-18(13-16(2)3)14-24-23-25-21-20-19(27-28-21)11-12-29(22(20)26-23)15-17-9-6-5-7-10-17/h4-10,13H,2,11-12,14-15H2,1,3H3,(H2,24,25,26,27,28). The SMILES string of the molecule is C=C(C)C=C(C=CC)CNc1nc2c3c([nH]nc3n1)CCN2Cc1ccccc1. The number of anilines is 2. The second-order valence-corrected chi connectivity index (χ2v) is 7.35. The van der Waals surface area contributed by atoms with Crippen molar-refractivity contribution in [1.82, 2.24) is 20.2 Å². The van der Waals surface area contributed by atoms with E-state index in [2.05, 4.69) is 68.4 Å².